The van der Waals surface area contributed by atoms with E-state index in [4.69, 9.17) is 11.6 Å². The molecule has 0 atom stereocenters. The van der Waals surface area contributed by atoms with E-state index in [1.165, 1.54) is 5.57 Å². The largest absolute Gasteiger partial charge is 0.0888 e. The van der Waals surface area contributed by atoms with E-state index in [0.29, 0.717) is 0 Å². The van der Waals surface area contributed by atoms with E-state index in [9.17, 15) is 0 Å². The monoisotopic (exact) mass is 154 g/mol. The number of rotatable bonds is 1. The Balaban J connectivity index is 2.78. The highest BCUT2D eigenvalue weighted by Gasteiger charge is 1.94. The highest BCUT2D eigenvalue weighted by Crippen LogP contribution is 2.16. The summed E-state index contributed by atoms with van der Waals surface area (Å²) in [5.41, 5.74) is 1.30. The van der Waals surface area contributed by atoms with Gasteiger partial charge in [-0.15, -0.1) is 0 Å². The Morgan fingerprint density at radius 1 is 1.60 bits per heavy atom. The molecule has 1 aliphatic rings. The lowest BCUT2D eigenvalue weighted by molar-refractivity contribution is 1.15. The lowest BCUT2D eigenvalue weighted by Crippen LogP contribution is -1.73. The average Bonchev–Trinajstić information content (AvgIpc) is 2.13. The predicted octanol–water partition coefficient (Wildman–Crippen LogP) is 3.41. The molecule has 0 bridgehead atoms. The van der Waals surface area contributed by atoms with Crippen molar-refractivity contribution in [1.82, 2.24) is 0 Å². The second kappa shape index (κ2) is 3.62. The Bertz CT molecular complexity index is 194. The molecule has 0 fully saturated rings. The fraction of sp³-hybridized carbons (Fsp3) is 0.333. The van der Waals surface area contributed by atoms with Crippen LogP contribution in [0.15, 0.2) is 34.9 Å². The van der Waals surface area contributed by atoms with Crippen molar-refractivity contribution >= 4 is 11.6 Å². The minimum absolute atomic E-state index is 0.877. The highest BCUT2D eigenvalue weighted by molar-refractivity contribution is 6.29. The number of hydrogen-bond donors (Lipinski definition) is 0. The summed E-state index contributed by atoms with van der Waals surface area (Å²) in [6, 6.07) is 0. The summed E-state index contributed by atoms with van der Waals surface area (Å²) in [6.07, 6.45) is 10.2. The average molecular weight is 155 g/mol. The first-order valence-electron chi connectivity index (χ1n) is 3.54. The van der Waals surface area contributed by atoms with Gasteiger partial charge in [-0.3, -0.25) is 0 Å². The lowest BCUT2D eigenvalue weighted by atomic mass is 10.2. The van der Waals surface area contributed by atoms with Crippen LogP contribution in [0.3, 0.4) is 0 Å². The topological polar surface area (TPSA) is 0 Å². The normalized spacial score (nSPS) is 17.8. The second-order valence-corrected chi connectivity index (χ2v) is 2.80. The summed E-state index contributed by atoms with van der Waals surface area (Å²) in [5, 5.41) is 0.932. The summed E-state index contributed by atoms with van der Waals surface area (Å²) < 4.78 is 0. The Morgan fingerprint density at radius 3 is 3.10 bits per heavy atom. The van der Waals surface area contributed by atoms with Crippen LogP contribution >= 0.6 is 11.6 Å². The molecule has 0 heterocycles. The maximum absolute atomic E-state index is 5.86. The predicted molar refractivity (Wildman–Crippen MR) is 46.1 cm³/mol. The van der Waals surface area contributed by atoms with Crippen LogP contribution in [0, 0.1) is 0 Å². The Labute approximate surface area is 66.9 Å². The molecule has 0 unspecified atom stereocenters. The van der Waals surface area contributed by atoms with E-state index in [-0.39, 0.29) is 0 Å². The molecule has 1 heteroatoms. The van der Waals surface area contributed by atoms with Gasteiger partial charge in [0.25, 0.3) is 0 Å². The first kappa shape index (κ1) is 7.62. The van der Waals surface area contributed by atoms with Gasteiger partial charge in [0.2, 0.25) is 0 Å². The van der Waals surface area contributed by atoms with Gasteiger partial charge in [0.05, 0.1) is 0 Å². The molecule has 0 aromatic rings. The molecule has 0 spiro atoms. The smallest absolute Gasteiger partial charge is 0.0221 e. The standard InChI is InChI=1S/C9H11Cl/c1-2-8-5-3-4-6-9(10)7-8/h3-5,7H,2,6H2,1H3. The molecule has 10 heavy (non-hydrogen) atoms. The Hall–Kier alpha value is -0.490. The number of hydrogen-bond acceptors (Lipinski definition) is 0. The fourth-order valence-electron chi connectivity index (χ4n) is 0.900. The number of halogens is 1. The van der Waals surface area contributed by atoms with Crippen LogP contribution in [-0.2, 0) is 0 Å². The molecule has 0 saturated heterocycles. The van der Waals surface area contributed by atoms with Gasteiger partial charge in [-0.1, -0.05) is 36.8 Å². The Morgan fingerprint density at radius 2 is 2.40 bits per heavy atom. The second-order valence-electron chi connectivity index (χ2n) is 2.32. The van der Waals surface area contributed by atoms with Gasteiger partial charge < -0.3 is 0 Å². The maximum atomic E-state index is 5.86. The van der Waals surface area contributed by atoms with Crippen molar-refractivity contribution in [2.75, 3.05) is 0 Å². The molecule has 54 valence electrons. The van der Waals surface area contributed by atoms with Crippen molar-refractivity contribution in [2.45, 2.75) is 19.8 Å². The first-order chi connectivity index (χ1) is 4.83. The number of allylic oxidation sites excluding steroid dienone is 6. The molecule has 0 nitrogen and oxygen atoms in total. The fourth-order valence-corrected chi connectivity index (χ4v) is 1.13. The molecule has 1 rings (SSSR count). The molecule has 0 aliphatic heterocycles. The van der Waals surface area contributed by atoms with Gasteiger partial charge in [0, 0.05) is 11.5 Å². The van der Waals surface area contributed by atoms with Gasteiger partial charge in [-0.05, 0) is 18.1 Å². The SMILES string of the molecule is CCC1=CC=CCC(Cl)=C1. The van der Waals surface area contributed by atoms with Gasteiger partial charge in [-0.2, -0.15) is 0 Å². The first-order valence-corrected chi connectivity index (χ1v) is 3.92. The molecular weight excluding hydrogens is 144 g/mol. The molecular formula is C9H11Cl. The minimum atomic E-state index is 0.877. The minimum Gasteiger partial charge on any atom is -0.0888 e. The van der Waals surface area contributed by atoms with Crippen molar-refractivity contribution in [3.8, 4) is 0 Å². The highest BCUT2D eigenvalue weighted by atomic mass is 35.5. The molecule has 0 aromatic carbocycles. The Kier molecular flexibility index (Phi) is 2.76. The summed E-state index contributed by atoms with van der Waals surface area (Å²) in [7, 11) is 0. The van der Waals surface area contributed by atoms with Crippen LogP contribution < -0.4 is 0 Å². The summed E-state index contributed by atoms with van der Waals surface area (Å²) in [5.74, 6) is 0. The lowest BCUT2D eigenvalue weighted by Gasteiger charge is -1.93. The van der Waals surface area contributed by atoms with E-state index < -0.39 is 0 Å². The zero-order valence-electron chi connectivity index (χ0n) is 6.10. The molecule has 0 N–H and O–H groups in total. The van der Waals surface area contributed by atoms with Crippen molar-refractivity contribution in [3.05, 3.63) is 34.9 Å². The quantitative estimate of drug-likeness (QED) is 0.543. The van der Waals surface area contributed by atoms with Crippen molar-refractivity contribution in [3.63, 3.8) is 0 Å². The van der Waals surface area contributed by atoms with Crippen LogP contribution in [0.2, 0.25) is 0 Å². The summed E-state index contributed by atoms with van der Waals surface area (Å²) in [4.78, 5) is 0. The van der Waals surface area contributed by atoms with E-state index in [1.54, 1.807) is 0 Å². The molecule has 0 radical (unpaired) electrons. The van der Waals surface area contributed by atoms with Crippen molar-refractivity contribution < 1.29 is 0 Å². The van der Waals surface area contributed by atoms with Crippen LogP contribution in [0.1, 0.15) is 19.8 Å². The molecule has 0 amide bonds. The van der Waals surface area contributed by atoms with Crippen LogP contribution in [0.25, 0.3) is 0 Å². The van der Waals surface area contributed by atoms with Crippen molar-refractivity contribution in [1.29, 1.82) is 0 Å². The maximum Gasteiger partial charge on any atom is 0.0221 e. The molecule has 0 saturated carbocycles. The van der Waals surface area contributed by atoms with Gasteiger partial charge >= 0.3 is 0 Å². The van der Waals surface area contributed by atoms with E-state index in [2.05, 4.69) is 25.2 Å². The van der Waals surface area contributed by atoms with E-state index >= 15 is 0 Å². The zero-order valence-corrected chi connectivity index (χ0v) is 6.86. The van der Waals surface area contributed by atoms with Gasteiger partial charge in [0.1, 0.15) is 0 Å². The molecule has 1 aliphatic carbocycles. The van der Waals surface area contributed by atoms with Crippen LogP contribution in [-0.4, -0.2) is 0 Å². The molecule has 0 aromatic heterocycles. The van der Waals surface area contributed by atoms with Gasteiger partial charge in [-0.25, -0.2) is 0 Å². The zero-order chi connectivity index (χ0) is 7.40. The van der Waals surface area contributed by atoms with Crippen LogP contribution in [0.5, 0.6) is 0 Å². The third kappa shape index (κ3) is 2.03. The van der Waals surface area contributed by atoms with Crippen molar-refractivity contribution in [2.24, 2.45) is 0 Å². The summed E-state index contributed by atoms with van der Waals surface area (Å²) >= 11 is 5.86. The summed E-state index contributed by atoms with van der Waals surface area (Å²) in [6.45, 7) is 2.13. The van der Waals surface area contributed by atoms with Crippen LogP contribution in [0.4, 0.5) is 0 Å². The third-order valence-corrected chi connectivity index (χ3v) is 1.77. The van der Waals surface area contributed by atoms with E-state index in [0.717, 1.165) is 17.9 Å². The third-order valence-electron chi connectivity index (χ3n) is 1.51. The van der Waals surface area contributed by atoms with E-state index in [1.807, 2.05) is 6.08 Å². The van der Waals surface area contributed by atoms with Gasteiger partial charge in [0.15, 0.2) is 0 Å².